The van der Waals surface area contributed by atoms with Gasteiger partial charge in [0, 0.05) is 19.9 Å². The molecule has 55 heavy (non-hydrogen) atoms. The fraction of sp³-hybridized carbons (Fsp3) is 0.341. The normalized spacial score (nSPS) is 15.9. The number of carboxylic acid groups (broad SMARTS) is 1. The Hall–Kier alpha value is -5.47. The number of aromatic nitrogens is 3. The highest BCUT2D eigenvalue weighted by Crippen LogP contribution is 2.47. The number of hydrogen-bond donors (Lipinski definition) is 2. The molecule has 0 bridgehead atoms. The zero-order chi connectivity index (χ0) is 39.6. The minimum absolute atomic E-state index is 0.0981. The third kappa shape index (κ3) is 7.61. The van der Waals surface area contributed by atoms with Crippen LogP contribution in [0.2, 0.25) is 5.04 Å². The van der Waals surface area contributed by atoms with E-state index in [-0.39, 0.29) is 36.3 Å². The topological polar surface area (TPSA) is 136 Å². The van der Waals surface area contributed by atoms with E-state index in [9.17, 15) is 23.5 Å². The van der Waals surface area contributed by atoms with Gasteiger partial charge in [-0.15, -0.1) is 0 Å². The fourth-order valence-electron chi connectivity index (χ4n) is 7.73. The molecule has 0 unspecified atom stereocenters. The van der Waals surface area contributed by atoms with E-state index in [1.807, 2.05) is 60.7 Å². The van der Waals surface area contributed by atoms with Gasteiger partial charge in [0.25, 0.3) is 14.2 Å². The molecule has 0 aliphatic heterocycles. The van der Waals surface area contributed by atoms with Gasteiger partial charge in [-0.25, -0.2) is 18.6 Å². The molecule has 1 atom stereocenters. The molecule has 3 aromatic carbocycles. The van der Waals surface area contributed by atoms with Crippen molar-refractivity contribution in [2.24, 2.45) is 0 Å². The molecule has 2 heterocycles. The summed E-state index contributed by atoms with van der Waals surface area (Å²) >= 11 is 0. The number of likely N-dealkylation sites (N-methyl/N-ethyl adjacent to an activating group) is 1. The molecule has 14 heteroatoms. The molecule has 0 spiro atoms. The van der Waals surface area contributed by atoms with Crippen molar-refractivity contribution < 1.29 is 37.4 Å². The number of carbonyl (C=O) groups is 3. The highest BCUT2D eigenvalue weighted by atomic mass is 28.4. The molecule has 2 aromatic heterocycles. The van der Waals surface area contributed by atoms with Crippen molar-refractivity contribution in [3.8, 4) is 5.75 Å². The molecule has 6 rings (SSSR count). The van der Waals surface area contributed by atoms with Crippen molar-refractivity contribution in [3.63, 3.8) is 0 Å². The third-order valence-corrected chi connectivity index (χ3v) is 15.7. The number of rotatable bonds is 11. The molecule has 2 amide bonds. The smallest absolute Gasteiger partial charge is 0.432 e. The Labute approximate surface area is 319 Å². The Morgan fingerprint density at radius 2 is 1.49 bits per heavy atom. The summed E-state index contributed by atoms with van der Waals surface area (Å²) in [5.41, 5.74) is -0.359. The Bertz CT molecular complexity index is 2110. The number of methoxy groups -OCH3 is 1. The second kappa shape index (κ2) is 15.3. The summed E-state index contributed by atoms with van der Waals surface area (Å²) in [6, 6.07) is 28.2. The van der Waals surface area contributed by atoms with Crippen molar-refractivity contribution in [1.29, 1.82) is 0 Å². The minimum atomic E-state index is -3.24. The number of halogens is 2. The van der Waals surface area contributed by atoms with E-state index in [1.54, 1.807) is 24.3 Å². The standard InChI is InChI=1S/C41H45F2N5O6Si/c1-39(2,3)55(30-12-8-6-9-13-30,31-14-10-7-11-15-31)54-27-34(36(49)46-35-21-20-33-32(45-35)26-44-48(33)38(51)52)47(4)37(50)40(22-24-41(42,43)25-23-40)28-16-18-29(53-5)19-17-28/h6-21,26,34H,22-25,27H2,1-5H3,(H,51,52)(H,45,46,49)/t34-/m1/s1. The number of ether oxygens (including phenoxy) is 1. The van der Waals surface area contributed by atoms with Crippen molar-refractivity contribution >= 4 is 53.4 Å². The van der Waals surface area contributed by atoms with Gasteiger partial charge in [-0.1, -0.05) is 93.6 Å². The number of amides is 2. The van der Waals surface area contributed by atoms with Gasteiger partial charge >= 0.3 is 6.09 Å². The second-order valence-corrected chi connectivity index (χ2v) is 19.3. The number of nitrogens with one attached hydrogen (secondary N) is 1. The van der Waals surface area contributed by atoms with Crippen LogP contribution < -0.4 is 20.4 Å². The quantitative estimate of drug-likeness (QED) is 0.146. The first-order valence-corrected chi connectivity index (χ1v) is 20.0. The molecule has 0 radical (unpaired) electrons. The lowest BCUT2D eigenvalue weighted by Crippen LogP contribution is -2.68. The van der Waals surface area contributed by atoms with Crippen molar-refractivity contribution in [3.05, 3.63) is 109 Å². The molecule has 1 saturated carbocycles. The largest absolute Gasteiger partial charge is 0.497 e. The number of carbonyl (C=O) groups excluding carboxylic acids is 2. The minimum Gasteiger partial charge on any atom is -0.497 e. The van der Waals surface area contributed by atoms with Crippen molar-refractivity contribution in [2.75, 3.05) is 26.1 Å². The lowest BCUT2D eigenvalue weighted by molar-refractivity contribution is -0.147. The summed E-state index contributed by atoms with van der Waals surface area (Å²) in [7, 11) is -0.215. The summed E-state index contributed by atoms with van der Waals surface area (Å²) in [6.07, 6.45) is -1.28. The number of anilines is 1. The highest BCUT2D eigenvalue weighted by Gasteiger charge is 2.53. The number of pyridine rings is 1. The van der Waals surface area contributed by atoms with E-state index in [2.05, 4.69) is 36.2 Å². The van der Waals surface area contributed by atoms with Gasteiger partial charge in [-0.3, -0.25) is 9.59 Å². The highest BCUT2D eigenvalue weighted by molar-refractivity contribution is 6.99. The summed E-state index contributed by atoms with van der Waals surface area (Å²) in [5, 5.41) is 17.6. The summed E-state index contributed by atoms with van der Waals surface area (Å²) < 4.78 is 42.8. The first-order chi connectivity index (χ1) is 26.1. The van der Waals surface area contributed by atoms with Gasteiger partial charge in [0.2, 0.25) is 11.8 Å². The summed E-state index contributed by atoms with van der Waals surface area (Å²) in [5.74, 6) is -3.41. The molecule has 1 aliphatic rings. The summed E-state index contributed by atoms with van der Waals surface area (Å²) in [6.45, 7) is 6.05. The summed E-state index contributed by atoms with van der Waals surface area (Å²) in [4.78, 5) is 47.0. The molecule has 1 fully saturated rings. The number of hydrogen-bond acceptors (Lipinski definition) is 7. The second-order valence-electron chi connectivity index (χ2n) is 15.0. The lowest BCUT2D eigenvalue weighted by atomic mass is 9.67. The van der Waals surface area contributed by atoms with E-state index in [4.69, 9.17) is 9.16 Å². The first kappa shape index (κ1) is 39.2. The van der Waals surface area contributed by atoms with Gasteiger partial charge < -0.3 is 24.5 Å². The van der Waals surface area contributed by atoms with Gasteiger partial charge in [0.05, 0.1) is 30.8 Å². The predicted octanol–water partition coefficient (Wildman–Crippen LogP) is 6.46. The molecular formula is C41H45F2N5O6Si. The van der Waals surface area contributed by atoms with E-state index in [1.165, 1.54) is 37.4 Å². The van der Waals surface area contributed by atoms with E-state index < -0.39 is 61.5 Å². The van der Waals surface area contributed by atoms with Gasteiger partial charge in [0.1, 0.15) is 23.1 Å². The Kier molecular flexibility index (Phi) is 10.9. The monoisotopic (exact) mass is 769 g/mol. The van der Waals surface area contributed by atoms with Gasteiger partial charge in [0.15, 0.2) is 0 Å². The van der Waals surface area contributed by atoms with Crippen LogP contribution in [0.1, 0.15) is 52.0 Å². The molecule has 288 valence electrons. The van der Waals surface area contributed by atoms with Crippen LogP contribution in [0.15, 0.2) is 103 Å². The number of alkyl halides is 2. The van der Waals surface area contributed by atoms with Crippen LogP contribution in [0.4, 0.5) is 19.4 Å². The molecular weight excluding hydrogens is 725 g/mol. The zero-order valence-electron chi connectivity index (χ0n) is 31.5. The number of nitrogens with zero attached hydrogens (tertiary/aromatic N) is 4. The third-order valence-electron chi connectivity index (χ3n) is 10.7. The van der Waals surface area contributed by atoms with Crippen LogP contribution in [-0.4, -0.2) is 83.7 Å². The average Bonchev–Trinajstić information content (AvgIpc) is 3.60. The maximum absolute atomic E-state index is 15.0. The predicted molar refractivity (Wildman–Crippen MR) is 208 cm³/mol. The molecule has 11 nitrogen and oxygen atoms in total. The molecule has 2 N–H and O–H groups in total. The van der Waals surface area contributed by atoms with Crippen LogP contribution in [-0.2, 0) is 19.4 Å². The molecule has 0 saturated heterocycles. The Balaban J connectivity index is 1.43. The van der Waals surface area contributed by atoms with Crippen LogP contribution in [0.3, 0.4) is 0 Å². The lowest BCUT2D eigenvalue weighted by Gasteiger charge is -2.45. The van der Waals surface area contributed by atoms with E-state index in [0.29, 0.717) is 11.3 Å². The Morgan fingerprint density at radius 3 is 2.02 bits per heavy atom. The fourth-order valence-corrected chi connectivity index (χ4v) is 12.3. The van der Waals surface area contributed by atoms with Crippen LogP contribution in [0.5, 0.6) is 5.75 Å². The molecule has 1 aliphatic carbocycles. The number of benzene rings is 3. The van der Waals surface area contributed by atoms with E-state index in [0.717, 1.165) is 15.1 Å². The maximum atomic E-state index is 15.0. The first-order valence-electron chi connectivity index (χ1n) is 18.1. The average molecular weight is 770 g/mol. The molecule has 5 aromatic rings. The van der Waals surface area contributed by atoms with Crippen molar-refractivity contribution in [1.82, 2.24) is 19.7 Å². The van der Waals surface area contributed by atoms with E-state index >= 15 is 4.79 Å². The van der Waals surface area contributed by atoms with Crippen LogP contribution in [0, 0.1) is 0 Å². The van der Waals surface area contributed by atoms with Crippen LogP contribution >= 0.6 is 0 Å². The zero-order valence-corrected chi connectivity index (χ0v) is 32.5. The number of fused-ring (bicyclic) bond motifs is 1. The van der Waals surface area contributed by atoms with Gasteiger partial charge in [-0.05, 0) is 58.1 Å². The van der Waals surface area contributed by atoms with Gasteiger partial charge in [-0.2, -0.15) is 9.78 Å². The SMILES string of the molecule is COc1ccc(C2(C(=O)N(C)[C@H](CO[Si](c3ccccc3)(c3ccccc3)C(C)(C)C)C(=O)Nc3ccc4c(cnn4C(=O)O)n3)CCC(F)(F)CC2)cc1. The van der Waals surface area contributed by atoms with Crippen LogP contribution in [0.25, 0.3) is 11.0 Å². The maximum Gasteiger partial charge on any atom is 0.432 e. The van der Waals surface area contributed by atoms with Crippen molar-refractivity contribution in [2.45, 2.75) is 68.9 Å². The Morgan fingerprint density at radius 1 is 0.909 bits per heavy atom.